The Morgan fingerprint density at radius 1 is 1.24 bits per heavy atom. The molecule has 0 unspecified atom stereocenters. The van der Waals surface area contributed by atoms with E-state index in [1.807, 2.05) is 0 Å². The van der Waals surface area contributed by atoms with Gasteiger partial charge in [-0.25, -0.2) is 14.4 Å². The number of benzene rings is 1. The predicted octanol–water partition coefficient (Wildman–Crippen LogP) is 1.18. The Kier molecular flexibility index (Phi) is 5.91. The summed E-state index contributed by atoms with van der Waals surface area (Å²) in [5.41, 5.74) is 0.472. The Morgan fingerprint density at radius 3 is 2.52 bits per heavy atom. The number of hydrogen-bond acceptors (Lipinski definition) is 7. The van der Waals surface area contributed by atoms with Gasteiger partial charge in [0.2, 0.25) is 0 Å². The zero-order chi connectivity index (χ0) is 18.4. The zero-order valence-corrected chi connectivity index (χ0v) is 13.2. The first-order chi connectivity index (χ1) is 12.0. The van der Waals surface area contributed by atoms with E-state index in [1.54, 1.807) is 0 Å². The molecule has 0 aromatic heterocycles. The van der Waals surface area contributed by atoms with E-state index in [-0.39, 0.29) is 43.1 Å². The first kappa shape index (κ1) is 18.2. The van der Waals surface area contributed by atoms with Crippen LogP contribution in [0.2, 0.25) is 0 Å². The van der Waals surface area contributed by atoms with Crippen molar-refractivity contribution in [2.45, 2.75) is 12.8 Å². The lowest BCUT2D eigenvalue weighted by Gasteiger charge is -2.15. The standard InChI is InChI=1S/C17H16O8/c1-2-13(19)23-8-6-11-10(5-7-18)3-4-12(16(20)21)15(11)17(22)25-14-9-24-14/h2-4,9,18H,1,5-8H2,(H,20,21). The number of aliphatic hydroxyl groups excluding tert-OH is 1. The third kappa shape index (κ3) is 4.67. The van der Waals surface area contributed by atoms with Gasteiger partial charge in [0.1, 0.15) is 0 Å². The van der Waals surface area contributed by atoms with Crippen molar-refractivity contribution >= 4 is 17.9 Å². The van der Waals surface area contributed by atoms with Gasteiger partial charge in [-0.1, -0.05) is 12.6 Å². The minimum Gasteiger partial charge on any atom is -0.478 e. The maximum Gasteiger partial charge on any atom is 0.347 e. The van der Waals surface area contributed by atoms with Crippen molar-refractivity contribution in [2.75, 3.05) is 13.2 Å². The quantitative estimate of drug-likeness (QED) is 0.504. The van der Waals surface area contributed by atoms with Crippen LogP contribution < -0.4 is 0 Å². The highest BCUT2D eigenvalue weighted by atomic mass is 16.7. The molecule has 8 heteroatoms. The summed E-state index contributed by atoms with van der Waals surface area (Å²) < 4.78 is 14.4. The molecule has 0 radical (unpaired) electrons. The van der Waals surface area contributed by atoms with E-state index >= 15 is 0 Å². The smallest absolute Gasteiger partial charge is 0.347 e. The van der Waals surface area contributed by atoms with Gasteiger partial charge in [-0.2, -0.15) is 0 Å². The molecule has 8 nitrogen and oxygen atoms in total. The fourth-order valence-electron chi connectivity index (χ4n) is 2.27. The van der Waals surface area contributed by atoms with E-state index in [4.69, 9.17) is 9.47 Å². The normalized spacial score (nSPS) is 11.8. The predicted molar refractivity (Wildman–Crippen MR) is 83.6 cm³/mol. The number of carboxylic acid groups (broad SMARTS) is 1. The first-order valence-electron chi connectivity index (χ1n) is 7.35. The molecule has 1 aliphatic heterocycles. The second-order valence-electron chi connectivity index (χ2n) is 4.97. The second-order valence-corrected chi connectivity index (χ2v) is 4.97. The molecule has 1 aliphatic rings. The Bertz CT molecular complexity index is 747. The number of carbonyl (C=O) groups excluding carboxylic acids is 2. The first-order valence-corrected chi connectivity index (χ1v) is 7.35. The third-order valence-corrected chi connectivity index (χ3v) is 3.40. The lowest BCUT2D eigenvalue weighted by molar-refractivity contribution is -0.137. The van der Waals surface area contributed by atoms with Crippen molar-refractivity contribution in [1.82, 2.24) is 0 Å². The summed E-state index contributed by atoms with van der Waals surface area (Å²) in [7, 11) is 0. The average molecular weight is 348 g/mol. The molecule has 1 heterocycles. The van der Waals surface area contributed by atoms with Crippen molar-refractivity contribution in [2.24, 2.45) is 0 Å². The summed E-state index contributed by atoms with van der Waals surface area (Å²) in [5.74, 6) is -2.86. The summed E-state index contributed by atoms with van der Waals surface area (Å²) in [6.07, 6.45) is 2.46. The molecule has 1 aromatic rings. The van der Waals surface area contributed by atoms with Crippen LogP contribution in [0.4, 0.5) is 0 Å². The molecule has 0 bridgehead atoms. The maximum absolute atomic E-state index is 12.4. The van der Waals surface area contributed by atoms with E-state index in [2.05, 4.69) is 11.3 Å². The van der Waals surface area contributed by atoms with Gasteiger partial charge in [-0.05, 0) is 23.6 Å². The molecule has 0 saturated heterocycles. The van der Waals surface area contributed by atoms with Gasteiger partial charge < -0.3 is 24.4 Å². The van der Waals surface area contributed by atoms with E-state index in [0.717, 1.165) is 6.08 Å². The fourth-order valence-corrected chi connectivity index (χ4v) is 2.27. The molecule has 0 amide bonds. The van der Waals surface area contributed by atoms with Crippen LogP contribution in [0.15, 0.2) is 37.0 Å². The molecule has 2 rings (SSSR count). The number of ether oxygens (including phenoxy) is 3. The van der Waals surface area contributed by atoms with E-state index < -0.39 is 17.9 Å². The largest absolute Gasteiger partial charge is 0.478 e. The highest BCUT2D eigenvalue weighted by molar-refractivity contribution is 6.04. The lowest BCUT2D eigenvalue weighted by Crippen LogP contribution is -2.18. The van der Waals surface area contributed by atoms with Gasteiger partial charge >= 0.3 is 23.9 Å². The van der Waals surface area contributed by atoms with Crippen molar-refractivity contribution in [3.8, 4) is 0 Å². The monoisotopic (exact) mass is 348 g/mol. The summed E-state index contributed by atoms with van der Waals surface area (Å²) in [6.45, 7) is 2.99. The SMILES string of the molecule is C=CC(=O)OCCc1c(CCO)ccc(C(=O)O)c1C(=O)OC1=CO1. The lowest BCUT2D eigenvalue weighted by atomic mass is 9.92. The topological polar surface area (TPSA) is 123 Å². The molecule has 0 spiro atoms. The van der Waals surface area contributed by atoms with Gasteiger partial charge in [0, 0.05) is 19.1 Å². The minimum atomic E-state index is -1.31. The second kappa shape index (κ2) is 8.11. The van der Waals surface area contributed by atoms with Crippen LogP contribution in [0.1, 0.15) is 31.8 Å². The number of rotatable bonds is 9. The average Bonchev–Trinajstić information content (AvgIpc) is 3.39. The number of aromatic carboxylic acids is 1. The molecular weight excluding hydrogens is 332 g/mol. The van der Waals surface area contributed by atoms with Crippen LogP contribution in [0.3, 0.4) is 0 Å². The molecule has 25 heavy (non-hydrogen) atoms. The van der Waals surface area contributed by atoms with Gasteiger partial charge in [0.25, 0.3) is 0 Å². The highest BCUT2D eigenvalue weighted by Gasteiger charge is 2.27. The number of carbonyl (C=O) groups is 3. The van der Waals surface area contributed by atoms with Crippen LogP contribution in [-0.4, -0.2) is 41.3 Å². The molecule has 2 N–H and O–H groups in total. The maximum atomic E-state index is 12.4. The van der Waals surface area contributed by atoms with Crippen LogP contribution in [0, 0.1) is 0 Å². The van der Waals surface area contributed by atoms with Gasteiger partial charge in [0.05, 0.1) is 17.7 Å². The summed E-state index contributed by atoms with van der Waals surface area (Å²) in [6, 6.07) is 2.78. The third-order valence-electron chi connectivity index (χ3n) is 3.40. The van der Waals surface area contributed by atoms with Crippen molar-refractivity contribution in [3.63, 3.8) is 0 Å². The Labute approximate surface area is 142 Å². The van der Waals surface area contributed by atoms with E-state index in [9.17, 15) is 24.6 Å². The van der Waals surface area contributed by atoms with Crippen molar-refractivity contribution in [1.29, 1.82) is 0 Å². The van der Waals surface area contributed by atoms with Crippen LogP contribution >= 0.6 is 0 Å². The summed E-state index contributed by atoms with van der Waals surface area (Å²) in [5, 5.41) is 18.6. The highest BCUT2D eigenvalue weighted by Crippen LogP contribution is 2.25. The van der Waals surface area contributed by atoms with Crippen molar-refractivity contribution < 1.29 is 38.8 Å². The van der Waals surface area contributed by atoms with Gasteiger partial charge in [-0.3, -0.25) is 0 Å². The molecular formula is C17H16O8. The fraction of sp³-hybridized carbons (Fsp3) is 0.235. The summed E-state index contributed by atoms with van der Waals surface area (Å²) in [4.78, 5) is 35.0. The van der Waals surface area contributed by atoms with Gasteiger partial charge in [0.15, 0.2) is 6.26 Å². The van der Waals surface area contributed by atoms with E-state index in [0.29, 0.717) is 11.1 Å². The Balaban J connectivity index is 2.40. The zero-order valence-electron chi connectivity index (χ0n) is 13.2. The molecule has 1 aromatic carbocycles. The van der Waals surface area contributed by atoms with Crippen LogP contribution in [-0.2, 0) is 31.8 Å². The molecule has 0 atom stereocenters. The van der Waals surface area contributed by atoms with E-state index in [1.165, 1.54) is 18.4 Å². The number of hydrogen-bond donors (Lipinski definition) is 2. The molecule has 0 saturated carbocycles. The van der Waals surface area contributed by atoms with Gasteiger partial charge in [-0.15, -0.1) is 0 Å². The molecule has 0 fully saturated rings. The number of esters is 2. The number of aliphatic hydroxyl groups is 1. The van der Waals surface area contributed by atoms with Crippen LogP contribution in [0.5, 0.6) is 0 Å². The molecule has 0 aliphatic carbocycles. The summed E-state index contributed by atoms with van der Waals surface area (Å²) >= 11 is 0. The van der Waals surface area contributed by atoms with Crippen molar-refractivity contribution in [3.05, 3.63) is 59.2 Å². The number of carboxylic acids is 1. The molecule has 132 valence electrons. The Morgan fingerprint density at radius 2 is 1.96 bits per heavy atom. The van der Waals surface area contributed by atoms with Crippen LogP contribution in [0.25, 0.3) is 0 Å². The minimum absolute atomic E-state index is 0.0158. The Hall–Kier alpha value is -3.13.